The van der Waals surface area contributed by atoms with Crippen molar-refractivity contribution in [3.63, 3.8) is 0 Å². The van der Waals surface area contributed by atoms with Crippen molar-refractivity contribution in [2.75, 3.05) is 13.7 Å². The van der Waals surface area contributed by atoms with E-state index in [1.165, 1.54) is 7.11 Å². The van der Waals surface area contributed by atoms with Crippen LogP contribution in [0.2, 0.25) is 0 Å². The summed E-state index contributed by atoms with van der Waals surface area (Å²) >= 11 is 0. The first-order valence-corrected chi connectivity index (χ1v) is 6.38. The van der Waals surface area contributed by atoms with Crippen molar-refractivity contribution in [2.45, 2.75) is 14.9 Å². The molecule has 2 aromatic rings. The Balaban J connectivity index is 0. The number of rotatable bonds is 4. The molecule has 4 nitrogen and oxygen atoms in total. The van der Waals surface area contributed by atoms with Crippen molar-refractivity contribution in [3.8, 4) is 0 Å². The topological polar surface area (TPSA) is 55.7 Å². The molecule has 2 rings (SSSR count). The molecular weight excluding hydrogens is 290 g/mol. The molecule has 2 aromatic carbocycles. The van der Waals surface area contributed by atoms with Gasteiger partial charge in [-0.25, -0.2) is 0 Å². The number of methoxy groups -OCH3 is 1. The summed E-state index contributed by atoms with van der Waals surface area (Å²) in [5.41, 5.74) is 1.71. The zero-order valence-electron chi connectivity index (χ0n) is 11.8. The second-order valence-corrected chi connectivity index (χ2v) is 3.99. The quantitative estimate of drug-likeness (QED) is 0.486. The highest BCUT2D eigenvalue weighted by molar-refractivity contribution is 5.82. The molecule has 0 spiro atoms. The lowest BCUT2D eigenvalue weighted by atomic mass is 10.2. The number of ether oxygens (including phenoxy) is 1. The lowest BCUT2D eigenvalue weighted by molar-refractivity contribution is -0.138. The average molecular weight is 315 g/mol. The van der Waals surface area contributed by atoms with Crippen LogP contribution in [0.3, 0.4) is 0 Å². The fraction of sp³-hybridized carbons (Fsp3) is 0.211. The monoisotopic (exact) mass is 315 g/mol. The van der Waals surface area contributed by atoms with E-state index in [0.29, 0.717) is 0 Å². The summed E-state index contributed by atoms with van der Waals surface area (Å²) in [4.78, 5) is 24.6. The van der Waals surface area contributed by atoms with Gasteiger partial charge in [-0.05, 0) is 5.56 Å². The number of carbonyl (C=O) groups is 2. The highest BCUT2D eigenvalue weighted by atomic mass is 16.5. The molecule has 0 bridgehead atoms. The smallest absolute Gasteiger partial charge is 0.327 e. The van der Waals surface area contributed by atoms with Gasteiger partial charge in [-0.1, -0.05) is 75.5 Å². The van der Waals surface area contributed by atoms with Gasteiger partial charge in [0.25, 0.3) is 0 Å². The first kappa shape index (κ1) is 22.5. The van der Waals surface area contributed by atoms with Gasteiger partial charge in [0, 0.05) is 11.8 Å². The standard InChI is InChI=1S/C10H11NO2.C7H6O.2CH4/c1-13-10(12)8-11-7-9-5-3-2-4-6-9;8-6-7-4-2-1-3-5-7;;/h2-7H,8H2,1H3;1-6H;2*1H4. The van der Waals surface area contributed by atoms with Crippen LogP contribution in [0.4, 0.5) is 0 Å². The minimum absolute atomic E-state index is 0. The number of esters is 1. The Morgan fingerprint density at radius 1 is 0.957 bits per heavy atom. The van der Waals surface area contributed by atoms with Gasteiger partial charge in [-0.3, -0.25) is 14.6 Å². The van der Waals surface area contributed by atoms with Crippen molar-refractivity contribution in [2.24, 2.45) is 4.99 Å². The summed E-state index contributed by atoms with van der Waals surface area (Å²) < 4.78 is 4.44. The highest BCUT2D eigenvalue weighted by Gasteiger charge is 1.94. The molecule has 0 aromatic heterocycles. The molecule has 0 heterocycles. The van der Waals surface area contributed by atoms with Gasteiger partial charge in [-0.2, -0.15) is 0 Å². The third-order valence-electron chi connectivity index (χ3n) is 2.42. The molecule has 0 aliphatic carbocycles. The lowest BCUT2D eigenvalue weighted by Gasteiger charge is -1.92. The number of benzene rings is 2. The molecule has 124 valence electrons. The Bertz CT molecular complexity index is 566. The van der Waals surface area contributed by atoms with Crippen molar-refractivity contribution in [1.29, 1.82) is 0 Å². The largest absolute Gasteiger partial charge is 0.468 e. The molecule has 0 amide bonds. The zero-order valence-corrected chi connectivity index (χ0v) is 11.8. The van der Waals surface area contributed by atoms with Crippen LogP contribution in [0.15, 0.2) is 65.7 Å². The summed E-state index contributed by atoms with van der Waals surface area (Å²) in [6, 6.07) is 18.7. The first-order chi connectivity index (χ1) is 10.3. The van der Waals surface area contributed by atoms with Crippen LogP contribution in [0.25, 0.3) is 0 Å². The Morgan fingerprint density at radius 3 is 1.83 bits per heavy atom. The fourth-order valence-corrected chi connectivity index (χ4v) is 1.36. The van der Waals surface area contributed by atoms with Crippen LogP contribution < -0.4 is 0 Å². The zero-order chi connectivity index (χ0) is 15.3. The summed E-state index contributed by atoms with van der Waals surface area (Å²) in [6.07, 6.45) is 2.48. The van der Waals surface area contributed by atoms with Crippen LogP contribution in [-0.4, -0.2) is 32.1 Å². The number of nitrogens with zero attached hydrogens (tertiary/aromatic N) is 1. The van der Waals surface area contributed by atoms with E-state index >= 15 is 0 Å². The Kier molecular flexibility index (Phi) is 13.9. The SMILES string of the molecule is C.C.COC(=O)CN=Cc1ccccc1.O=Cc1ccccc1. The van der Waals surface area contributed by atoms with E-state index in [1.807, 2.05) is 48.5 Å². The molecule has 0 fully saturated rings. The Morgan fingerprint density at radius 2 is 1.43 bits per heavy atom. The maximum atomic E-state index is 10.7. The third kappa shape index (κ3) is 10.6. The van der Waals surface area contributed by atoms with Gasteiger partial charge in [-0.15, -0.1) is 0 Å². The van der Waals surface area contributed by atoms with Crippen molar-refractivity contribution in [3.05, 3.63) is 71.8 Å². The van der Waals surface area contributed by atoms with Gasteiger partial charge in [0.05, 0.1) is 7.11 Å². The van der Waals surface area contributed by atoms with Crippen molar-refractivity contribution in [1.82, 2.24) is 0 Å². The van der Waals surface area contributed by atoms with Crippen LogP contribution in [0.1, 0.15) is 30.8 Å². The second-order valence-electron chi connectivity index (χ2n) is 3.99. The minimum atomic E-state index is -0.327. The number of aldehydes is 1. The van der Waals surface area contributed by atoms with E-state index in [-0.39, 0.29) is 27.4 Å². The molecule has 0 N–H and O–H groups in total. The number of carbonyl (C=O) groups excluding carboxylic acids is 2. The minimum Gasteiger partial charge on any atom is -0.468 e. The van der Waals surface area contributed by atoms with Gasteiger partial charge >= 0.3 is 5.97 Å². The van der Waals surface area contributed by atoms with Gasteiger partial charge in [0.2, 0.25) is 0 Å². The molecular formula is C19H25NO3. The van der Waals surface area contributed by atoms with E-state index in [0.717, 1.165) is 17.4 Å². The third-order valence-corrected chi connectivity index (χ3v) is 2.42. The molecule has 0 unspecified atom stereocenters. The first-order valence-electron chi connectivity index (χ1n) is 6.38. The number of aliphatic imine (C=N–C) groups is 1. The van der Waals surface area contributed by atoms with Crippen LogP contribution in [0.5, 0.6) is 0 Å². The number of hydrogen-bond donors (Lipinski definition) is 0. The average Bonchev–Trinajstić information content (AvgIpc) is 2.57. The Labute approximate surface area is 138 Å². The van der Waals surface area contributed by atoms with Crippen LogP contribution >= 0.6 is 0 Å². The number of hydrogen-bond acceptors (Lipinski definition) is 4. The molecule has 0 aliphatic rings. The van der Waals surface area contributed by atoms with E-state index in [4.69, 9.17) is 0 Å². The molecule has 0 saturated heterocycles. The van der Waals surface area contributed by atoms with E-state index in [1.54, 1.807) is 18.3 Å². The predicted octanol–water partition coefficient (Wildman–Crippen LogP) is 4.05. The summed E-state index contributed by atoms with van der Waals surface area (Å²) in [5, 5.41) is 0. The molecule has 23 heavy (non-hydrogen) atoms. The summed E-state index contributed by atoms with van der Waals surface area (Å²) in [6.45, 7) is 0.0748. The van der Waals surface area contributed by atoms with E-state index in [2.05, 4.69) is 9.73 Å². The van der Waals surface area contributed by atoms with Crippen molar-refractivity contribution >= 4 is 18.5 Å². The van der Waals surface area contributed by atoms with Crippen LogP contribution in [0, 0.1) is 0 Å². The maximum absolute atomic E-state index is 10.7. The highest BCUT2D eigenvalue weighted by Crippen LogP contribution is 1.93. The fourth-order valence-electron chi connectivity index (χ4n) is 1.36. The normalized spacial score (nSPS) is 8.74. The van der Waals surface area contributed by atoms with Gasteiger partial charge < -0.3 is 4.74 Å². The van der Waals surface area contributed by atoms with E-state index in [9.17, 15) is 9.59 Å². The molecule has 0 aliphatic heterocycles. The maximum Gasteiger partial charge on any atom is 0.327 e. The van der Waals surface area contributed by atoms with Gasteiger partial charge in [0.1, 0.15) is 12.8 Å². The van der Waals surface area contributed by atoms with Gasteiger partial charge in [0.15, 0.2) is 0 Å². The second kappa shape index (κ2) is 14.2. The van der Waals surface area contributed by atoms with Crippen LogP contribution in [-0.2, 0) is 9.53 Å². The van der Waals surface area contributed by atoms with E-state index < -0.39 is 0 Å². The Hall–Kier alpha value is -2.75. The summed E-state index contributed by atoms with van der Waals surface area (Å²) in [5.74, 6) is -0.327. The molecule has 0 saturated carbocycles. The predicted molar refractivity (Wildman–Crippen MR) is 96.2 cm³/mol. The van der Waals surface area contributed by atoms with Crippen molar-refractivity contribution < 1.29 is 14.3 Å². The summed E-state index contributed by atoms with van der Waals surface area (Å²) in [7, 11) is 1.35. The molecule has 4 heteroatoms. The lowest BCUT2D eigenvalue weighted by Crippen LogP contribution is -2.04. The molecule has 0 atom stereocenters. The molecule has 0 radical (unpaired) electrons.